The summed E-state index contributed by atoms with van der Waals surface area (Å²) in [5, 5.41) is 0. The number of fused-ring (bicyclic) bond motifs is 1. The molecule has 0 heterocycles. The van der Waals surface area contributed by atoms with Crippen molar-refractivity contribution in [1.82, 2.24) is 0 Å². The molecule has 1 heteroatoms. The van der Waals surface area contributed by atoms with Gasteiger partial charge in [0, 0.05) is 0 Å². The van der Waals surface area contributed by atoms with Gasteiger partial charge in [-0.2, -0.15) is 0 Å². The molecule has 0 aliphatic heterocycles. The highest BCUT2D eigenvalue weighted by molar-refractivity contribution is 5.35. The molecule has 2 aromatic carbocycles. The fraction of sp³-hybridized carbons (Fsp3) is 0.556. The zero-order chi connectivity index (χ0) is 19.3. The van der Waals surface area contributed by atoms with Crippen molar-refractivity contribution in [1.29, 1.82) is 0 Å². The maximum Gasteiger partial charge on any atom is 0.123 e. The highest BCUT2D eigenvalue weighted by Gasteiger charge is 2.23. The monoisotopic (exact) mass is 378 g/mol. The molecule has 1 saturated carbocycles. The number of rotatable bonds is 6. The SMILES string of the molecule is CCCCCC1CCC(c2ccc(C3CCc4cc(F)ccc4C3)cc2)CC1. The van der Waals surface area contributed by atoms with Gasteiger partial charge in [0.2, 0.25) is 0 Å². The van der Waals surface area contributed by atoms with Gasteiger partial charge in [-0.15, -0.1) is 0 Å². The second-order valence-electron chi connectivity index (χ2n) is 9.23. The van der Waals surface area contributed by atoms with Crippen molar-refractivity contribution in [3.05, 3.63) is 70.5 Å². The molecule has 0 saturated heterocycles. The molecule has 2 aliphatic carbocycles. The van der Waals surface area contributed by atoms with Crippen molar-refractivity contribution in [3.63, 3.8) is 0 Å². The van der Waals surface area contributed by atoms with Gasteiger partial charge in [0.1, 0.15) is 5.82 Å². The van der Waals surface area contributed by atoms with Crippen LogP contribution in [0.1, 0.15) is 98.8 Å². The Labute approximate surface area is 170 Å². The third-order valence-corrected chi connectivity index (χ3v) is 7.34. The Bertz CT molecular complexity index is 752. The van der Waals surface area contributed by atoms with Gasteiger partial charge in [0.05, 0.1) is 0 Å². The van der Waals surface area contributed by atoms with Gasteiger partial charge in [-0.1, -0.05) is 62.9 Å². The summed E-state index contributed by atoms with van der Waals surface area (Å²) < 4.78 is 13.4. The molecular formula is C27H35F. The first-order valence-corrected chi connectivity index (χ1v) is 11.6. The summed E-state index contributed by atoms with van der Waals surface area (Å²) in [4.78, 5) is 0. The zero-order valence-corrected chi connectivity index (χ0v) is 17.4. The van der Waals surface area contributed by atoms with Crippen molar-refractivity contribution in [2.45, 2.75) is 89.4 Å². The molecule has 0 bridgehead atoms. The van der Waals surface area contributed by atoms with Crippen LogP contribution in [0.15, 0.2) is 42.5 Å². The lowest BCUT2D eigenvalue weighted by molar-refractivity contribution is 0.303. The van der Waals surface area contributed by atoms with Crippen LogP contribution in [-0.4, -0.2) is 0 Å². The molecule has 4 rings (SSSR count). The van der Waals surface area contributed by atoms with Gasteiger partial charge < -0.3 is 0 Å². The van der Waals surface area contributed by atoms with Crippen molar-refractivity contribution in [2.75, 3.05) is 0 Å². The third-order valence-electron chi connectivity index (χ3n) is 7.34. The lowest BCUT2D eigenvalue weighted by Gasteiger charge is -2.29. The second kappa shape index (κ2) is 9.25. The van der Waals surface area contributed by atoms with E-state index in [2.05, 4.69) is 31.2 Å². The summed E-state index contributed by atoms with van der Waals surface area (Å²) in [7, 11) is 0. The van der Waals surface area contributed by atoms with Crippen LogP contribution in [0.4, 0.5) is 4.39 Å². The Hall–Kier alpha value is -1.63. The highest BCUT2D eigenvalue weighted by Crippen LogP contribution is 2.39. The van der Waals surface area contributed by atoms with Crippen LogP contribution in [0.25, 0.3) is 0 Å². The standard InChI is InChI=1S/C27H35F/c1-2-3-4-5-20-6-8-21(9-7-20)22-10-12-23(13-11-22)24-14-15-26-19-27(28)17-16-25(26)18-24/h10-13,16-17,19-21,24H,2-9,14-15,18H2,1H3. The quantitative estimate of drug-likeness (QED) is 0.447. The minimum atomic E-state index is -0.0957. The Morgan fingerprint density at radius 3 is 2.21 bits per heavy atom. The maximum atomic E-state index is 13.4. The molecule has 150 valence electrons. The molecule has 2 aliphatic rings. The largest absolute Gasteiger partial charge is 0.207 e. The van der Waals surface area contributed by atoms with E-state index >= 15 is 0 Å². The van der Waals surface area contributed by atoms with Gasteiger partial charge in [-0.25, -0.2) is 4.39 Å². The topological polar surface area (TPSA) is 0 Å². The van der Waals surface area contributed by atoms with Gasteiger partial charge in [-0.05, 0) is 97.1 Å². The Morgan fingerprint density at radius 2 is 1.50 bits per heavy atom. The average molecular weight is 379 g/mol. The summed E-state index contributed by atoms with van der Waals surface area (Å²) in [6.07, 6.45) is 14.4. The van der Waals surface area contributed by atoms with E-state index in [1.165, 1.54) is 68.1 Å². The van der Waals surface area contributed by atoms with Crippen molar-refractivity contribution >= 4 is 0 Å². The summed E-state index contributed by atoms with van der Waals surface area (Å²) in [5.74, 6) is 2.24. The second-order valence-corrected chi connectivity index (χ2v) is 9.23. The van der Waals surface area contributed by atoms with E-state index in [0.717, 1.165) is 31.1 Å². The van der Waals surface area contributed by atoms with Crippen molar-refractivity contribution < 1.29 is 4.39 Å². The predicted molar refractivity (Wildman–Crippen MR) is 116 cm³/mol. The van der Waals surface area contributed by atoms with Crippen LogP contribution in [-0.2, 0) is 12.8 Å². The normalized spacial score (nSPS) is 24.7. The number of aryl methyl sites for hydroxylation is 1. The van der Waals surface area contributed by atoms with Gasteiger partial charge in [0.15, 0.2) is 0 Å². The van der Waals surface area contributed by atoms with Gasteiger partial charge in [-0.3, -0.25) is 0 Å². The van der Waals surface area contributed by atoms with Crippen LogP contribution < -0.4 is 0 Å². The Balaban J connectivity index is 1.33. The zero-order valence-electron chi connectivity index (χ0n) is 17.4. The van der Waals surface area contributed by atoms with Crippen LogP contribution >= 0.6 is 0 Å². The van der Waals surface area contributed by atoms with E-state index in [4.69, 9.17) is 0 Å². The molecule has 0 amide bonds. The maximum absolute atomic E-state index is 13.4. The lowest BCUT2D eigenvalue weighted by atomic mass is 9.76. The van der Waals surface area contributed by atoms with E-state index < -0.39 is 0 Å². The van der Waals surface area contributed by atoms with E-state index in [1.807, 2.05) is 6.07 Å². The van der Waals surface area contributed by atoms with E-state index in [0.29, 0.717) is 5.92 Å². The molecule has 28 heavy (non-hydrogen) atoms. The fourth-order valence-corrected chi connectivity index (χ4v) is 5.52. The van der Waals surface area contributed by atoms with Crippen LogP contribution in [0.3, 0.4) is 0 Å². The molecular weight excluding hydrogens is 343 g/mol. The lowest BCUT2D eigenvalue weighted by Crippen LogP contribution is -2.14. The molecule has 0 N–H and O–H groups in total. The Morgan fingerprint density at radius 1 is 0.786 bits per heavy atom. The molecule has 1 atom stereocenters. The summed E-state index contributed by atoms with van der Waals surface area (Å²) in [5.41, 5.74) is 5.56. The molecule has 0 nitrogen and oxygen atoms in total. The minimum absolute atomic E-state index is 0.0957. The number of benzene rings is 2. The van der Waals surface area contributed by atoms with Gasteiger partial charge >= 0.3 is 0 Å². The van der Waals surface area contributed by atoms with Crippen LogP contribution in [0.2, 0.25) is 0 Å². The van der Waals surface area contributed by atoms with Crippen molar-refractivity contribution in [2.24, 2.45) is 5.92 Å². The molecule has 1 unspecified atom stereocenters. The molecule has 0 spiro atoms. The first kappa shape index (κ1) is 19.7. The summed E-state index contributed by atoms with van der Waals surface area (Å²) in [6, 6.07) is 14.9. The number of halogens is 1. The molecule has 0 radical (unpaired) electrons. The number of hydrogen-bond donors (Lipinski definition) is 0. The van der Waals surface area contributed by atoms with Crippen LogP contribution in [0.5, 0.6) is 0 Å². The first-order chi connectivity index (χ1) is 13.7. The third kappa shape index (κ3) is 4.67. The van der Waals surface area contributed by atoms with Crippen molar-refractivity contribution in [3.8, 4) is 0 Å². The molecule has 1 fully saturated rings. The van der Waals surface area contributed by atoms with E-state index in [1.54, 1.807) is 17.7 Å². The summed E-state index contributed by atoms with van der Waals surface area (Å²) in [6.45, 7) is 2.30. The average Bonchev–Trinajstić information content (AvgIpc) is 2.74. The van der Waals surface area contributed by atoms with E-state index in [-0.39, 0.29) is 5.82 Å². The minimum Gasteiger partial charge on any atom is -0.207 e. The Kier molecular flexibility index (Phi) is 6.50. The predicted octanol–water partition coefficient (Wildman–Crippen LogP) is 7.95. The van der Waals surface area contributed by atoms with Crippen LogP contribution in [0, 0.1) is 11.7 Å². The summed E-state index contributed by atoms with van der Waals surface area (Å²) >= 11 is 0. The van der Waals surface area contributed by atoms with Gasteiger partial charge in [0.25, 0.3) is 0 Å². The molecule has 0 aromatic heterocycles. The molecule has 2 aromatic rings. The first-order valence-electron chi connectivity index (χ1n) is 11.6. The highest BCUT2D eigenvalue weighted by atomic mass is 19.1. The fourth-order valence-electron chi connectivity index (χ4n) is 5.52. The smallest absolute Gasteiger partial charge is 0.123 e. The number of hydrogen-bond acceptors (Lipinski definition) is 0. The van der Waals surface area contributed by atoms with E-state index in [9.17, 15) is 4.39 Å². The number of unbranched alkanes of at least 4 members (excludes halogenated alkanes) is 2.